The first-order chi connectivity index (χ1) is 9.56. The van der Waals surface area contributed by atoms with E-state index in [-0.39, 0.29) is 30.6 Å². The molecule has 0 aliphatic carbocycles. The predicted octanol–water partition coefficient (Wildman–Crippen LogP) is 1.33. The number of ether oxygens (including phenoxy) is 1. The van der Waals surface area contributed by atoms with Gasteiger partial charge in [0.25, 0.3) is 0 Å². The Morgan fingerprint density at radius 1 is 1.33 bits per heavy atom. The van der Waals surface area contributed by atoms with E-state index >= 15 is 0 Å². The third kappa shape index (κ3) is 4.68. The van der Waals surface area contributed by atoms with Crippen molar-refractivity contribution in [1.82, 2.24) is 4.90 Å². The van der Waals surface area contributed by atoms with E-state index in [4.69, 9.17) is 4.74 Å². The summed E-state index contributed by atoms with van der Waals surface area (Å²) in [6.45, 7) is 8.64. The summed E-state index contributed by atoms with van der Waals surface area (Å²) in [7, 11) is 0. The van der Waals surface area contributed by atoms with Crippen LogP contribution in [0, 0.1) is 5.92 Å². The zero-order valence-corrected chi connectivity index (χ0v) is 13.5. The number of carbonyl (C=O) groups excluding carboxylic acids is 2. The lowest BCUT2D eigenvalue weighted by Gasteiger charge is -2.44. The number of ketones is 1. The molecular weight excluding hydrogens is 274 g/mol. The molecule has 1 fully saturated rings. The van der Waals surface area contributed by atoms with Crippen molar-refractivity contribution in [2.24, 2.45) is 5.92 Å². The van der Waals surface area contributed by atoms with E-state index in [1.807, 2.05) is 13.8 Å². The molecule has 3 atom stereocenters. The van der Waals surface area contributed by atoms with E-state index < -0.39 is 30.4 Å². The quantitative estimate of drug-likeness (QED) is 0.821. The summed E-state index contributed by atoms with van der Waals surface area (Å²) in [5.74, 6) is 0.0427. The van der Waals surface area contributed by atoms with Crippen molar-refractivity contribution in [2.45, 2.75) is 71.2 Å². The summed E-state index contributed by atoms with van der Waals surface area (Å²) in [6, 6.07) is -1.06. The van der Waals surface area contributed by atoms with Gasteiger partial charge in [0.1, 0.15) is 11.4 Å². The van der Waals surface area contributed by atoms with E-state index in [1.54, 1.807) is 20.8 Å². The van der Waals surface area contributed by atoms with Crippen molar-refractivity contribution in [1.29, 1.82) is 0 Å². The molecule has 0 radical (unpaired) electrons. The lowest BCUT2D eigenvalue weighted by molar-refractivity contribution is -0.129. The Morgan fingerprint density at radius 3 is 2.29 bits per heavy atom. The molecule has 1 amide bonds. The van der Waals surface area contributed by atoms with Crippen molar-refractivity contribution in [3.05, 3.63) is 0 Å². The molecule has 1 aliphatic heterocycles. The van der Waals surface area contributed by atoms with E-state index in [2.05, 4.69) is 0 Å². The van der Waals surface area contributed by atoms with Crippen molar-refractivity contribution in [2.75, 3.05) is 6.61 Å². The lowest BCUT2D eigenvalue weighted by Crippen LogP contribution is -2.59. The van der Waals surface area contributed by atoms with Gasteiger partial charge in [0, 0.05) is 18.9 Å². The molecule has 0 saturated carbocycles. The van der Waals surface area contributed by atoms with Gasteiger partial charge in [0.15, 0.2) is 0 Å². The third-order valence-electron chi connectivity index (χ3n) is 3.59. The molecule has 1 rings (SSSR count). The standard InChI is InChI=1S/C15H27NO5/c1-9(2)11-6-10(18)7-12(13(19)8-17)16(11)14(20)21-15(3,4)5/h9,11-13,17,19H,6-8H2,1-5H3/t11-,12+,13+/m0/s1. The normalized spacial score (nSPS) is 25.1. The smallest absolute Gasteiger partial charge is 0.410 e. The molecule has 6 nitrogen and oxygen atoms in total. The van der Waals surface area contributed by atoms with Crippen molar-refractivity contribution in [3.63, 3.8) is 0 Å². The van der Waals surface area contributed by atoms with Gasteiger partial charge in [-0.25, -0.2) is 4.79 Å². The monoisotopic (exact) mass is 301 g/mol. The molecule has 0 spiro atoms. The van der Waals surface area contributed by atoms with Crippen LogP contribution in [0.25, 0.3) is 0 Å². The molecule has 0 bridgehead atoms. The van der Waals surface area contributed by atoms with Gasteiger partial charge in [0.2, 0.25) is 0 Å². The fraction of sp³-hybridized carbons (Fsp3) is 0.867. The second kappa shape index (κ2) is 6.75. The summed E-state index contributed by atoms with van der Waals surface area (Å²) in [6.07, 6.45) is -1.40. The Labute approximate surface area is 126 Å². The molecule has 6 heteroatoms. The number of piperidine rings is 1. The summed E-state index contributed by atoms with van der Waals surface area (Å²) in [5.41, 5.74) is -0.658. The first kappa shape index (κ1) is 17.9. The average Bonchev–Trinajstić information content (AvgIpc) is 2.34. The van der Waals surface area contributed by atoms with Crippen LogP contribution in [0.2, 0.25) is 0 Å². The van der Waals surface area contributed by atoms with Gasteiger partial charge in [-0.3, -0.25) is 9.69 Å². The number of hydrogen-bond donors (Lipinski definition) is 2. The fourth-order valence-electron chi connectivity index (χ4n) is 2.58. The topological polar surface area (TPSA) is 87.1 Å². The zero-order valence-electron chi connectivity index (χ0n) is 13.5. The van der Waals surface area contributed by atoms with Gasteiger partial charge in [0.05, 0.1) is 18.8 Å². The second-order valence-corrected chi connectivity index (χ2v) is 6.96. The maximum Gasteiger partial charge on any atom is 0.410 e. The maximum absolute atomic E-state index is 12.5. The number of amides is 1. The summed E-state index contributed by atoms with van der Waals surface area (Å²) in [5, 5.41) is 19.2. The molecule has 0 unspecified atom stereocenters. The number of nitrogens with zero attached hydrogens (tertiary/aromatic N) is 1. The Hall–Kier alpha value is -1.14. The first-order valence-corrected chi connectivity index (χ1v) is 7.38. The number of aliphatic hydroxyl groups is 2. The van der Waals surface area contributed by atoms with E-state index in [0.717, 1.165) is 0 Å². The van der Waals surface area contributed by atoms with Crippen LogP contribution in [0.4, 0.5) is 4.79 Å². The third-order valence-corrected chi connectivity index (χ3v) is 3.59. The number of rotatable bonds is 3. The van der Waals surface area contributed by atoms with Gasteiger partial charge in [-0.15, -0.1) is 0 Å². The molecule has 2 N–H and O–H groups in total. The van der Waals surface area contributed by atoms with Crippen LogP contribution >= 0.6 is 0 Å². The van der Waals surface area contributed by atoms with Gasteiger partial charge in [-0.2, -0.15) is 0 Å². The highest BCUT2D eigenvalue weighted by Gasteiger charge is 2.43. The second-order valence-electron chi connectivity index (χ2n) is 6.96. The number of hydrogen-bond acceptors (Lipinski definition) is 5. The highest BCUT2D eigenvalue weighted by atomic mass is 16.6. The number of carbonyl (C=O) groups is 2. The maximum atomic E-state index is 12.5. The summed E-state index contributed by atoms with van der Waals surface area (Å²) >= 11 is 0. The minimum absolute atomic E-state index is 0.00833. The van der Waals surface area contributed by atoms with Crippen molar-refractivity contribution >= 4 is 11.9 Å². The molecule has 1 aliphatic rings. The predicted molar refractivity (Wildman–Crippen MR) is 77.8 cm³/mol. The Morgan fingerprint density at radius 2 is 1.86 bits per heavy atom. The number of likely N-dealkylation sites (tertiary alicyclic amines) is 1. The van der Waals surface area contributed by atoms with E-state index in [9.17, 15) is 19.8 Å². The van der Waals surface area contributed by atoms with Gasteiger partial charge >= 0.3 is 6.09 Å². The van der Waals surface area contributed by atoms with Crippen LogP contribution in [0.15, 0.2) is 0 Å². The lowest BCUT2D eigenvalue weighted by atomic mass is 9.86. The van der Waals surface area contributed by atoms with Crippen molar-refractivity contribution in [3.8, 4) is 0 Å². The SMILES string of the molecule is CC(C)[C@@H]1CC(=O)C[C@H]([C@H](O)CO)N1C(=O)OC(C)(C)C. The molecule has 1 heterocycles. The van der Waals surface area contributed by atoms with Gasteiger partial charge in [-0.05, 0) is 26.7 Å². The minimum atomic E-state index is -1.15. The van der Waals surface area contributed by atoms with Crippen LogP contribution < -0.4 is 0 Å². The highest BCUT2D eigenvalue weighted by molar-refractivity contribution is 5.83. The van der Waals surface area contributed by atoms with Gasteiger partial charge < -0.3 is 14.9 Å². The summed E-state index contributed by atoms with van der Waals surface area (Å²) in [4.78, 5) is 25.8. The van der Waals surface area contributed by atoms with E-state index in [0.29, 0.717) is 0 Å². The molecule has 21 heavy (non-hydrogen) atoms. The average molecular weight is 301 g/mol. The molecule has 0 aromatic heterocycles. The summed E-state index contributed by atoms with van der Waals surface area (Å²) < 4.78 is 5.40. The van der Waals surface area contributed by atoms with Gasteiger partial charge in [-0.1, -0.05) is 13.8 Å². The van der Waals surface area contributed by atoms with E-state index in [1.165, 1.54) is 4.90 Å². The van der Waals surface area contributed by atoms with Crippen LogP contribution in [-0.4, -0.2) is 57.4 Å². The van der Waals surface area contributed by atoms with Crippen LogP contribution in [0.5, 0.6) is 0 Å². The Kier molecular flexibility index (Phi) is 5.75. The molecule has 0 aromatic rings. The minimum Gasteiger partial charge on any atom is -0.444 e. The zero-order chi connectivity index (χ0) is 16.4. The fourth-order valence-corrected chi connectivity index (χ4v) is 2.58. The Bertz CT molecular complexity index is 388. The van der Waals surface area contributed by atoms with Crippen molar-refractivity contribution < 1.29 is 24.5 Å². The Balaban J connectivity index is 3.08. The molecular formula is C15H27NO5. The number of Topliss-reactive ketones (excluding diaryl/α,β-unsaturated/α-hetero) is 1. The molecule has 1 saturated heterocycles. The first-order valence-electron chi connectivity index (χ1n) is 7.38. The largest absolute Gasteiger partial charge is 0.444 e. The molecule has 0 aromatic carbocycles. The highest BCUT2D eigenvalue weighted by Crippen LogP contribution is 2.29. The van der Waals surface area contributed by atoms with Crippen LogP contribution in [0.3, 0.4) is 0 Å². The van der Waals surface area contributed by atoms with Crippen LogP contribution in [-0.2, 0) is 9.53 Å². The van der Waals surface area contributed by atoms with Crippen LogP contribution in [0.1, 0.15) is 47.5 Å². The molecule has 122 valence electrons. The number of aliphatic hydroxyl groups excluding tert-OH is 2.